The first-order valence-electron chi connectivity index (χ1n) is 5.62. The van der Waals surface area contributed by atoms with Crippen molar-refractivity contribution in [1.82, 2.24) is 4.90 Å². The zero-order valence-electron chi connectivity index (χ0n) is 9.62. The molecule has 1 fully saturated rings. The van der Waals surface area contributed by atoms with Gasteiger partial charge in [-0.25, -0.2) is 0 Å². The van der Waals surface area contributed by atoms with Crippen molar-refractivity contribution in [2.45, 2.75) is 40.0 Å². The van der Waals surface area contributed by atoms with Crippen molar-refractivity contribution in [1.29, 1.82) is 0 Å². The van der Waals surface area contributed by atoms with Gasteiger partial charge < -0.3 is 10.0 Å². The van der Waals surface area contributed by atoms with E-state index in [0.717, 1.165) is 25.6 Å². The van der Waals surface area contributed by atoms with Gasteiger partial charge in [-0.1, -0.05) is 20.8 Å². The number of aliphatic carboxylic acids is 1. The highest BCUT2D eigenvalue weighted by molar-refractivity contribution is 5.66. The fraction of sp³-hybridized carbons (Fsp3) is 0.909. The van der Waals surface area contributed by atoms with Crippen LogP contribution in [0.5, 0.6) is 0 Å². The van der Waals surface area contributed by atoms with Crippen LogP contribution in [-0.4, -0.2) is 35.6 Å². The maximum Gasteiger partial charge on any atom is 0.304 e. The molecule has 0 bridgehead atoms. The van der Waals surface area contributed by atoms with Crippen LogP contribution in [0.15, 0.2) is 0 Å². The third-order valence-corrected chi connectivity index (χ3v) is 2.52. The van der Waals surface area contributed by atoms with Crippen LogP contribution >= 0.6 is 0 Å². The van der Waals surface area contributed by atoms with Gasteiger partial charge in [-0.05, 0) is 31.8 Å². The number of hydrogen-bond acceptors (Lipinski definition) is 2. The number of likely N-dealkylation sites (tertiary alicyclic amines) is 1. The Morgan fingerprint density at radius 3 is 2.29 bits per heavy atom. The van der Waals surface area contributed by atoms with E-state index >= 15 is 0 Å². The van der Waals surface area contributed by atoms with E-state index in [0.29, 0.717) is 0 Å². The van der Waals surface area contributed by atoms with Crippen molar-refractivity contribution in [3.05, 3.63) is 0 Å². The smallest absolute Gasteiger partial charge is 0.304 e. The highest BCUT2D eigenvalue weighted by Crippen LogP contribution is 2.15. The second-order valence-electron chi connectivity index (χ2n) is 3.67. The summed E-state index contributed by atoms with van der Waals surface area (Å²) in [6.07, 6.45) is 2.73. The third-order valence-electron chi connectivity index (χ3n) is 2.52. The SMILES string of the molecule is CC.CC1CCN(CCC(=O)O)CC1. The normalized spacial score (nSPS) is 18.5. The Hall–Kier alpha value is -0.570. The van der Waals surface area contributed by atoms with Crippen LogP contribution in [0.4, 0.5) is 0 Å². The molecular formula is C11H23NO2. The Morgan fingerprint density at radius 1 is 1.36 bits per heavy atom. The molecule has 3 nitrogen and oxygen atoms in total. The molecule has 1 saturated heterocycles. The Balaban J connectivity index is 0.000000791. The predicted octanol–water partition coefficient (Wildman–Crippen LogP) is 2.22. The van der Waals surface area contributed by atoms with E-state index in [-0.39, 0.29) is 6.42 Å². The lowest BCUT2D eigenvalue weighted by Gasteiger charge is -2.29. The highest BCUT2D eigenvalue weighted by Gasteiger charge is 2.15. The summed E-state index contributed by atoms with van der Waals surface area (Å²) in [5.74, 6) is 0.139. The lowest BCUT2D eigenvalue weighted by Crippen LogP contribution is -2.34. The molecular weight excluding hydrogens is 178 g/mol. The molecule has 3 heteroatoms. The van der Waals surface area contributed by atoms with Crippen molar-refractivity contribution < 1.29 is 9.90 Å². The third kappa shape index (κ3) is 5.97. The average molecular weight is 201 g/mol. The van der Waals surface area contributed by atoms with Crippen LogP contribution in [0.25, 0.3) is 0 Å². The lowest BCUT2D eigenvalue weighted by atomic mass is 9.99. The van der Waals surface area contributed by atoms with Crippen molar-refractivity contribution in [3.63, 3.8) is 0 Å². The van der Waals surface area contributed by atoms with E-state index in [4.69, 9.17) is 5.11 Å². The molecule has 0 amide bonds. The van der Waals surface area contributed by atoms with Crippen LogP contribution in [0, 0.1) is 5.92 Å². The average Bonchev–Trinajstić information content (AvgIpc) is 2.20. The first-order valence-corrected chi connectivity index (χ1v) is 5.62. The molecule has 0 spiro atoms. The summed E-state index contributed by atoms with van der Waals surface area (Å²) < 4.78 is 0. The summed E-state index contributed by atoms with van der Waals surface area (Å²) >= 11 is 0. The van der Waals surface area contributed by atoms with Gasteiger partial charge in [-0.2, -0.15) is 0 Å². The molecule has 1 aliphatic rings. The molecule has 0 aromatic carbocycles. The number of carboxylic acid groups (broad SMARTS) is 1. The summed E-state index contributed by atoms with van der Waals surface area (Å²) in [6.45, 7) is 9.14. The van der Waals surface area contributed by atoms with Crippen LogP contribution in [-0.2, 0) is 4.79 Å². The van der Waals surface area contributed by atoms with Crippen LogP contribution < -0.4 is 0 Å². The van der Waals surface area contributed by atoms with Gasteiger partial charge >= 0.3 is 5.97 Å². The molecule has 0 radical (unpaired) electrons. The van der Waals surface area contributed by atoms with Gasteiger partial charge in [-0.3, -0.25) is 4.79 Å². The van der Waals surface area contributed by atoms with Crippen LogP contribution in [0.2, 0.25) is 0 Å². The number of piperidine rings is 1. The van der Waals surface area contributed by atoms with Crippen LogP contribution in [0.1, 0.15) is 40.0 Å². The van der Waals surface area contributed by atoms with Gasteiger partial charge in [0.1, 0.15) is 0 Å². The zero-order valence-corrected chi connectivity index (χ0v) is 9.62. The zero-order chi connectivity index (χ0) is 11.0. The summed E-state index contributed by atoms with van der Waals surface area (Å²) in [7, 11) is 0. The number of hydrogen-bond donors (Lipinski definition) is 1. The molecule has 84 valence electrons. The second-order valence-corrected chi connectivity index (χ2v) is 3.67. The van der Waals surface area contributed by atoms with Gasteiger partial charge in [0.2, 0.25) is 0 Å². The molecule has 0 aromatic rings. The Bertz CT molecular complexity index is 151. The van der Waals surface area contributed by atoms with Crippen molar-refractivity contribution in [2.24, 2.45) is 5.92 Å². The first-order chi connectivity index (χ1) is 6.68. The molecule has 0 atom stereocenters. The highest BCUT2D eigenvalue weighted by atomic mass is 16.4. The first kappa shape index (κ1) is 13.4. The lowest BCUT2D eigenvalue weighted by molar-refractivity contribution is -0.137. The van der Waals surface area contributed by atoms with Gasteiger partial charge in [0.15, 0.2) is 0 Å². The summed E-state index contributed by atoms with van der Waals surface area (Å²) in [4.78, 5) is 12.5. The largest absolute Gasteiger partial charge is 0.481 e. The molecule has 1 rings (SSSR count). The topological polar surface area (TPSA) is 40.5 Å². The van der Waals surface area contributed by atoms with Gasteiger partial charge in [-0.15, -0.1) is 0 Å². The fourth-order valence-corrected chi connectivity index (χ4v) is 1.54. The second kappa shape index (κ2) is 7.80. The van der Waals surface area contributed by atoms with E-state index in [1.807, 2.05) is 13.8 Å². The molecule has 1 aliphatic heterocycles. The Kier molecular flexibility index (Phi) is 7.48. The quantitative estimate of drug-likeness (QED) is 0.761. The number of carboxylic acids is 1. The standard InChI is InChI=1S/C9H17NO2.C2H6/c1-8-2-5-10(6-3-8)7-4-9(11)12;1-2/h8H,2-7H2,1H3,(H,11,12);1-2H3. The van der Waals surface area contributed by atoms with E-state index < -0.39 is 5.97 Å². The number of rotatable bonds is 3. The number of nitrogens with zero attached hydrogens (tertiary/aromatic N) is 1. The summed E-state index contributed by atoms with van der Waals surface area (Å²) in [5.41, 5.74) is 0. The van der Waals surface area contributed by atoms with E-state index in [2.05, 4.69) is 11.8 Å². The molecule has 0 saturated carbocycles. The summed E-state index contributed by atoms with van der Waals surface area (Å²) in [5, 5.41) is 8.47. The Labute approximate surface area is 87.1 Å². The molecule has 1 N–H and O–H groups in total. The maximum atomic E-state index is 10.3. The van der Waals surface area contributed by atoms with Crippen molar-refractivity contribution >= 4 is 5.97 Å². The van der Waals surface area contributed by atoms with Crippen molar-refractivity contribution in [2.75, 3.05) is 19.6 Å². The maximum absolute atomic E-state index is 10.3. The molecule has 0 unspecified atom stereocenters. The van der Waals surface area contributed by atoms with E-state index in [1.54, 1.807) is 0 Å². The number of carbonyl (C=O) groups is 1. The Morgan fingerprint density at radius 2 is 1.86 bits per heavy atom. The van der Waals surface area contributed by atoms with Gasteiger partial charge in [0, 0.05) is 6.54 Å². The minimum absolute atomic E-state index is 0.286. The van der Waals surface area contributed by atoms with Crippen LogP contribution in [0.3, 0.4) is 0 Å². The molecule has 0 aromatic heterocycles. The fourth-order valence-electron chi connectivity index (χ4n) is 1.54. The van der Waals surface area contributed by atoms with E-state index in [1.165, 1.54) is 12.8 Å². The predicted molar refractivity (Wildman–Crippen MR) is 58.4 cm³/mol. The molecule has 0 aliphatic carbocycles. The molecule has 1 heterocycles. The summed E-state index contributed by atoms with van der Waals surface area (Å²) in [6, 6.07) is 0. The minimum Gasteiger partial charge on any atom is -0.481 e. The van der Waals surface area contributed by atoms with Gasteiger partial charge in [0.25, 0.3) is 0 Å². The van der Waals surface area contributed by atoms with E-state index in [9.17, 15) is 4.79 Å². The minimum atomic E-state index is -0.686. The van der Waals surface area contributed by atoms with Crippen molar-refractivity contribution in [3.8, 4) is 0 Å². The van der Waals surface area contributed by atoms with Gasteiger partial charge in [0.05, 0.1) is 6.42 Å². The molecule has 14 heavy (non-hydrogen) atoms. The monoisotopic (exact) mass is 201 g/mol.